The summed E-state index contributed by atoms with van der Waals surface area (Å²) in [6.45, 7) is 8.37. The van der Waals surface area contributed by atoms with E-state index in [9.17, 15) is 4.79 Å². The van der Waals surface area contributed by atoms with E-state index in [-0.39, 0.29) is 24.4 Å². The maximum Gasteiger partial charge on any atom is 0.253 e. The van der Waals surface area contributed by atoms with Crippen LogP contribution in [0.25, 0.3) is 0 Å². The Kier molecular flexibility index (Phi) is 5.83. The molecule has 3 N–H and O–H groups in total. The van der Waals surface area contributed by atoms with E-state index in [0.29, 0.717) is 6.04 Å². The molecule has 0 fully saturated rings. The zero-order valence-corrected chi connectivity index (χ0v) is 16.2. The first-order valence-corrected chi connectivity index (χ1v) is 8.76. The number of nitrogens with one attached hydrogen (secondary N) is 1. The van der Waals surface area contributed by atoms with Crippen LogP contribution in [0.4, 0.5) is 5.69 Å². The van der Waals surface area contributed by atoms with E-state index in [1.165, 1.54) is 11.1 Å². The number of carbonyl (C=O) groups is 1. The van der Waals surface area contributed by atoms with Gasteiger partial charge in [-0.3, -0.25) is 4.79 Å². The lowest BCUT2D eigenvalue weighted by atomic mass is 9.87. The zero-order valence-electron chi connectivity index (χ0n) is 15.4. The van der Waals surface area contributed by atoms with E-state index in [1.54, 1.807) is 0 Å². The van der Waals surface area contributed by atoms with Crippen LogP contribution in [0.5, 0.6) is 0 Å². The molecule has 1 aliphatic rings. The molecule has 1 aromatic carbocycles. The average molecular weight is 362 g/mol. The van der Waals surface area contributed by atoms with Crippen molar-refractivity contribution in [2.45, 2.75) is 59.0 Å². The van der Waals surface area contributed by atoms with Crippen molar-refractivity contribution in [3.8, 4) is 0 Å². The summed E-state index contributed by atoms with van der Waals surface area (Å²) in [5.74, 6) is 0.0182. The van der Waals surface area contributed by atoms with E-state index < -0.39 is 0 Å². The summed E-state index contributed by atoms with van der Waals surface area (Å²) >= 11 is 0. The van der Waals surface area contributed by atoms with Crippen molar-refractivity contribution in [1.29, 1.82) is 0 Å². The van der Waals surface area contributed by atoms with Crippen molar-refractivity contribution in [3.05, 3.63) is 52.3 Å². The number of hydrogen-bond donors (Lipinski definition) is 2. The molecule has 1 atom stereocenters. The van der Waals surface area contributed by atoms with Crippen molar-refractivity contribution < 1.29 is 4.79 Å². The fourth-order valence-corrected chi connectivity index (χ4v) is 4.02. The quantitative estimate of drug-likeness (QED) is 0.791. The van der Waals surface area contributed by atoms with Crippen LogP contribution in [0.1, 0.15) is 71.6 Å². The lowest BCUT2D eigenvalue weighted by Gasteiger charge is -2.26. The van der Waals surface area contributed by atoms with Crippen LogP contribution in [0.15, 0.2) is 24.3 Å². The molecule has 4 nitrogen and oxygen atoms in total. The monoisotopic (exact) mass is 361 g/mol. The molecule has 5 heteroatoms. The summed E-state index contributed by atoms with van der Waals surface area (Å²) in [7, 11) is 0. The largest absolute Gasteiger partial charge is 0.399 e. The van der Waals surface area contributed by atoms with E-state index >= 15 is 0 Å². The van der Waals surface area contributed by atoms with Gasteiger partial charge in [0.1, 0.15) is 0 Å². The van der Waals surface area contributed by atoms with Gasteiger partial charge in [0, 0.05) is 23.1 Å². The molecule has 1 aliphatic carbocycles. The molecule has 0 saturated carbocycles. The molecule has 1 amide bonds. The van der Waals surface area contributed by atoms with Crippen LogP contribution in [0.3, 0.4) is 0 Å². The highest BCUT2D eigenvalue weighted by atomic mass is 35.5. The van der Waals surface area contributed by atoms with Crippen molar-refractivity contribution in [2.24, 2.45) is 0 Å². The molecule has 1 heterocycles. The van der Waals surface area contributed by atoms with Crippen LogP contribution in [0, 0.1) is 13.8 Å². The molecule has 0 aliphatic heterocycles. The third-order valence-corrected chi connectivity index (χ3v) is 5.03. The van der Waals surface area contributed by atoms with Gasteiger partial charge in [-0.2, -0.15) is 0 Å². The molecule has 0 spiro atoms. The zero-order chi connectivity index (χ0) is 17.4. The SMILES string of the molecule is Cc1cc(C(=O)NC2CCCc3cc(N)ccc32)c(C)n1C(C)C.Cl. The Bertz CT molecular complexity index is 779. The van der Waals surface area contributed by atoms with Gasteiger partial charge >= 0.3 is 0 Å². The number of benzene rings is 1. The van der Waals surface area contributed by atoms with E-state index in [1.807, 2.05) is 25.1 Å². The summed E-state index contributed by atoms with van der Waals surface area (Å²) in [5.41, 5.74) is 12.1. The number of anilines is 1. The molecule has 0 bridgehead atoms. The number of halogens is 1. The predicted molar refractivity (Wildman–Crippen MR) is 106 cm³/mol. The normalized spacial score (nSPS) is 16.3. The van der Waals surface area contributed by atoms with Gasteiger partial charge in [-0.25, -0.2) is 0 Å². The van der Waals surface area contributed by atoms with Crippen LogP contribution in [0.2, 0.25) is 0 Å². The van der Waals surface area contributed by atoms with Crippen molar-refractivity contribution in [2.75, 3.05) is 5.73 Å². The number of nitrogen functional groups attached to an aromatic ring is 1. The van der Waals surface area contributed by atoms with Crippen molar-refractivity contribution >= 4 is 24.0 Å². The maximum atomic E-state index is 12.8. The third kappa shape index (κ3) is 3.69. The van der Waals surface area contributed by atoms with Crippen molar-refractivity contribution in [1.82, 2.24) is 9.88 Å². The van der Waals surface area contributed by atoms with Gasteiger partial charge < -0.3 is 15.6 Å². The Morgan fingerprint density at radius 3 is 2.64 bits per heavy atom. The number of carbonyl (C=O) groups excluding carboxylic acids is 1. The van der Waals surface area contributed by atoms with Gasteiger partial charge in [0.05, 0.1) is 11.6 Å². The number of nitrogens with zero attached hydrogens (tertiary/aromatic N) is 1. The number of amides is 1. The number of rotatable bonds is 3. The summed E-state index contributed by atoms with van der Waals surface area (Å²) in [5, 5.41) is 3.24. The lowest BCUT2D eigenvalue weighted by molar-refractivity contribution is 0.0932. The Hall–Kier alpha value is -1.94. The van der Waals surface area contributed by atoms with Gasteiger partial charge in [-0.1, -0.05) is 6.07 Å². The second-order valence-corrected chi connectivity index (χ2v) is 7.13. The maximum absolute atomic E-state index is 12.8. The number of hydrogen-bond acceptors (Lipinski definition) is 2. The van der Waals surface area contributed by atoms with Gasteiger partial charge in [0.25, 0.3) is 5.91 Å². The topological polar surface area (TPSA) is 60.1 Å². The Morgan fingerprint density at radius 2 is 2.00 bits per heavy atom. The number of nitrogens with two attached hydrogens (primary N) is 1. The summed E-state index contributed by atoms with van der Waals surface area (Å²) < 4.78 is 2.21. The molecule has 0 radical (unpaired) electrons. The second-order valence-electron chi connectivity index (χ2n) is 7.13. The minimum atomic E-state index is 0. The first-order chi connectivity index (χ1) is 11.4. The highest BCUT2D eigenvalue weighted by Crippen LogP contribution is 2.31. The minimum Gasteiger partial charge on any atom is -0.399 e. The molecule has 136 valence electrons. The fourth-order valence-electron chi connectivity index (χ4n) is 4.02. The Morgan fingerprint density at radius 1 is 1.28 bits per heavy atom. The Balaban J connectivity index is 0.00000225. The van der Waals surface area contributed by atoms with Crippen LogP contribution in [-0.4, -0.2) is 10.5 Å². The highest BCUT2D eigenvalue weighted by molar-refractivity contribution is 5.96. The van der Waals surface area contributed by atoms with Gasteiger partial charge in [-0.15, -0.1) is 12.4 Å². The molecular weight excluding hydrogens is 334 g/mol. The second kappa shape index (κ2) is 7.52. The summed E-state index contributed by atoms with van der Waals surface area (Å²) in [6.07, 6.45) is 3.09. The van der Waals surface area contributed by atoms with Crippen molar-refractivity contribution in [3.63, 3.8) is 0 Å². The number of aromatic nitrogens is 1. The minimum absolute atomic E-state index is 0. The van der Waals surface area contributed by atoms with E-state index in [0.717, 1.165) is 41.9 Å². The van der Waals surface area contributed by atoms with E-state index in [2.05, 4.69) is 36.7 Å². The van der Waals surface area contributed by atoms with Gasteiger partial charge in [0.15, 0.2) is 0 Å². The molecule has 3 rings (SSSR count). The van der Waals surface area contributed by atoms with Crippen LogP contribution >= 0.6 is 12.4 Å². The lowest BCUT2D eigenvalue weighted by Crippen LogP contribution is -2.31. The summed E-state index contributed by atoms with van der Waals surface area (Å²) in [4.78, 5) is 12.8. The predicted octanol–water partition coefficient (Wildman–Crippen LogP) is 4.50. The number of aryl methyl sites for hydroxylation is 2. The number of fused-ring (bicyclic) bond motifs is 1. The molecule has 2 aromatic rings. The van der Waals surface area contributed by atoms with E-state index in [4.69, 9.17) is 5.73 Å². The summed E-state index contributed by atoms with van der Waals surface area (Å²) in [6, 6.07) is 8.45. The molecule has 25 heavy (non-hydrogen) atoms. The molecule has 1 unspecified atom stereocenters. The third-order valence-electron chi connectivity index (χ3n) is 5.03. The van der Waals surface area contributed by atoms with Gasteiger partial charge in [-0.05, 0) is 76.3 Å². The first kappa shape index (κ1) is 19.4. The van der Waals surface area contributed by atoms with Gasteiger partial charge in [0.2, 0.25) is 0 Å². The first-order valence-electron chi connectivity index (χ1n) is 8.76. The van der Waals surface area contributed by atoms with Crippen LogP contribution < -0.4 is 11.1 Å². The molecule has 0 saturated heterocycles. The standard InChI is InChI=1S/C20H27N3O.ClH/c1-12(2)23-13(3)10-18(14(23)4)20(24)22-19-7-5-6-15-11-16(21)8-9-17(15)19;/h8-12,19H,5-7,21H2,1-4H3,(H,22,24);1H. The highest BCUT2D eigenvalue weighted by Gasteiger charge is 2.24. The fraction of sp³-hybridized carbons (Fsp3) is 0.450. The molecule has 1 aromatic heterocycles. The Labute approximate surface area is 156 Å². The van der Waals surface area contributed by atoms with Crippen LogP contribution in [-0.2, 0) is 6.42 Å². The molecular formula is C20H28ClN3O. The smallest absolute Gasteiger partial charge is 0.253 e. The average Bonchev–Trinajstić information content (AvgIpc) is 2.82.